The van der Waals surface area contributed by atoms with E-state index in [2.05, 4.69) is 5.32 Å². The van der Waals surface area contributed by atoms with Crippen LogP contribution in [0, 0.1) is 5.41 Å². The highest BCUT2D eigenvalue weighted by Crippen LogP contribution is 2.42. The molecule has 1 atom stereocenters. The summed E-state index contributed by atoms with van der Waals surface area (Å²) in [7, 11) is 0. The highest BCUT2D eigenvalue weighted by atomic mass is 32.2. The van der Waals surface area contributed by atoms with E-state index in [0.717, 1.165) is 22.7 Å². The number of nitrogens with zero attached hydrogens (tertiary/aromatic N) is 1. The third-order valence-corrected chi connectivity index (χ3v) is 5.65. The number of benzene rings is 2. The Labute approximate surface area is 176 Å². The number of ether oxygens (including phenoxy) is 1. The first-order chi connectivity index (χ1) is 13.8. The number of hydrogen-bond donors (Lipinski definition) is 1. The molecular weight excluding hydrogens is 384 g/mol. The number of carbonyl (C=O) groups excluding carboxylic acids is 2. The van der Waals surface area contributed by atoms with Gasteiger partial charge in [-0.3, -0.25) is 14.5 Å². The molecule has 0 aromatic heterocycles. The average Bonchev–Trinajstić information content (AvgIpc) is 3.03. The second-order valence-electron chi connectivity index (χ2n) is 8.27. The van der Waals surface area contributed by atoms with E-state index in [9.17, 15) is 9.59 Å². The largest absolute Gasteiger partial charge is 0.494 e. The van der Waals surface area contributed by atoms with Crippen molar-refractivity contribution in [3.63, 3.8) is 0 Å². The zero-order valence-electron chi connectivity index (χ0n) is 17.4. The Morgan fingerprint density at radius 2 is 1.93 bits per heavy atom. The van der Waals surface area contributed by atoms with Gasteiger partial charge in [0.05, 0.1) is 12.4 Å². The fraction of sp³-hybridized carbons (Fsp3) is 0.391. The molecule has 0 saturated carbocycles. The third-order valence-electron chi connectivity index (χ3n) is 4.44. The predicted octanol–water partition coefficient (Wildman–Crippen LogP) is 5.24. The molecule has 3 rings (SSSR count). The summed E-state index contributed by atoms with van der Waals surface area (Å²) < 4.78 is 5.50. The Balaban J connectivity index is 1.79. The van der Waals surface area contributed by atoms with Gasteiger partial charge in [0, 0.05) is 17.8 Å². The normalized spacial score (nSPS) is 16.8. The summed E-state index contributed by atoms with van der Waals surface area (Å²) in [4.78, 5) is 26.7. The molecule has 1 aliphatic rings. The molecule has 2 amide bonds. The van der Waals surface area contributed by atoms with Crippen molar-refractivity contribution in [3.05, 3.63) is 54.1 Å². The summed E-state index contributed by atoms with van der Waals surface area (Å²) in [5.74, 6) is 1.29. The van der Waals surface area contributed by atoms with Crippen LogP contribution in [0.25, 0.3) is 0 Å². The van der Waals surface area contributed by atoms with Gasteiger partial charge in [-0.2, -0.15) is 0 Å². The van der Waals surface area contributed by atoms with Gasteiger partial charge in [-0.25, -0.2) is 0 Å². The molecule has 1 heterocycles. The Hall–Kier alpha value is -2.47. The maximum absolute atomic E-state index is 12.6. The van der Waals surface area contributed by atoms with Crippen LogP contribution in [-0.2, 0) is 9.59 Å². The van der Waals surface area contributed by atoms with Crippen LogP contribution >= 0.6 is 11.8 Å². The topological polar surface area (TPSA) is 58.6 Å². The Bertz CT molecular complexity index is 874. The maximum Gasteiger partial charge on any atom is 0.238 e. The van der Waals surface area contributed by atoms with Crippen molar-refractivity contribution in [3.8, 4) is 5.75 Å². The molecule has 5 nitrogen and oxygen atoms in total. The van der Waals surface area contributed by atoms with E-state index in [-0.39, 0.29) is 22.6 Å². The van der Waals surface area contributed by atoms with Crippen LogP contribution < -0.4 is 15.0 Å². The minimum atomic E-state index is -0.125. The molecule has 0 bridgehead atoms. The zero-order chi connectivity index (χ0) is 21.0. The number of amides is 2. The van der Waals surface area contributed by atoms with Gasteiger partial charge < -0.3 is 10.1 Å². The predicted molar refractivity (Wildman–Crippen MR) is 119 cm³/mol. The Kier molecular flexibility index (Phi) is 6.52. The molecule has 1 saturated heterocycles. The van der Waals surface area contributed by atoms with E-state index in [1.54, 1.807) is 11.8 Å². The molecule has 29 heavy (non-hydrogen) atoms. The first kappa shape index (κ1) is 21.2. The average molecular weight is 413 g/mol. The highest BCUT2D eigenvalue weighted by molar-refractivity contribution is 8.00. The molecular formula is C23H28N2O3S. The van der Waals surface area contributed by atoms with E-state index in [0.29, 0.717) is 18.8 Å². The van der Waals surface area contributed by atoms with Gasteiger partial charge in [-0.05, 0) is 54.3 Å². The van der Waals surface area contributed by atoms with Gasteiger partial charge >= 0.3 is 0 Å². The van der Waals surface area contributed by atoms with Gasteiger partial charge in [0.1, 0.15) is 11.1 Å². The maximum atomic E-state index is 12.6. The van der Waals surface area contributed by atoms with E-state index in [4.69, 9.17) is 4.74 Å². The monoisotopic (exact) mass is 412 g/mol. The van der Waals surface area contributed by atoms with Crippen LogP contribution in [0.3, 0.4) is 0 Å². The number of thioether (sulfide) groups is 1. The summed E-state index contributed by atoms with van der Waals surface area (Å²) in [6.07, 6.45) is 0.451. The fourth-order valence-corrected chi connectivity index (χ4v) is 4.44. The fourth-order valence-electron chi connectivity index (χ4n) is 3.28. The molecule has 0 radical (unpaired) electrons. The second kappa shape index (κ2) is 8.91. The van der Waals surface area contributed by atoms with Crippen LogP contribution in [0.2, 0.25) is 0 Å². The van der Waals surface area contributed by atoms with Gasteiger partial charge in [-0.1, -0.05) is 32.9 Å². The first-order valence-electron chi connectivity index (χ1n) is 9.83. The smallest absolute Gasteiger partial charge is 0.238 e. The standard InChI is InChI=1S/C23H28N2O3S/c1-5-28-19-11-9-18(10-12-19)25-21(27)15-29-22(25)16-7-6-8-17(13-16)24-20(26)14-23(2,3)4/h6-13,22H,5,14-15H2,1-4H3,(H,24,26)/t22-/m1/s1. The number of rotatable bonds is 6. The molecule has 1 aliphatic heterocycles. The van der Waals surface area contributed by atoms with Crippen molar-refractivity contribution in [1.29, 1.82) is 0 Å². The van der Waals surface area contributed by atoms with Crippen molar-refractivity contribution < 1.29 is 14.3 Å². The highest BCUT2D eigenvalue weighted by Gasteiger charge is 2.34. The van der Waals surface area contributed by atoms with Crippen molar-refractivity contribution in [2.75, 3.05) is 22.6 Å². The molecule has 1 N–H and O–H groups in total. The lowest BCUT2D eigenvalue weighted by atomic mass is 9.92. The summed E-state index contributed by atoms with van der Waals surface area (Å²) >= 11 is 1.59. The van der Waals surface area contributed by atoms with Crippen molar-refractivity contribution in [1.82, 2.24) is 0 Å². The summed E-state index contributed by atoms with van der Waals surface area (Å²) in [6, 6.07) is 15.3. The lowest BCUT2D eigenvalue weighted by Crippen LogP contribution is -2.27. The minimum absolute atomic E-state index is 0.00632. The van der Waals surface area contributed by atoms with Gasteiger partial charge in [0.15, 0.2) is 0 Å². The third kappa shape index (κ3) is 5.54. The number of anilines is 2. The number of nitrogens with one attached hydrogen (secondary N) is 1. The van der Waals surface area contributed by atoms with Crippen LogP contribution in [-0.4, -0.2) is 24.2 Å². The van der Waals surface area contributed by atoms with E-state index >= 15 is 0 Å². The SMILES string of the molecule is CCOc1ccc(N2C(=O)CS[C@@H]2c2cccc(NC(=O)CC(C)(C)C)c2)cc1. The second-order valence-corrected chi connectivity index (χ2v) is 9.33. The van der Waals surface area contributed by atoms with Crippen LogP contribution in [0.4, 0.5) is 11.4 Å². The molecule has 0 aliphatic carbocycles. The van der Waals surface area contributed by atoms with E-state index < -0.39 is 0 Å². The van der Waals surface area contributed by atoms with Crippen LogP contribution in [0.5, 0.6) is 5.75 Å². The molecule has 154 valence electrons. The van der Waals surface area contributed by atoms with Crippen LogP contribution in [0.1, 0.15) is 45.1 Å². The summed E-state index contributed by atoms with van der Waals surface area (Å²) in [5, 5.41) is 2.86. The van der Waals surface area contributed by atoms with E-state index in [1.807, 2.05) is 81.1 Å². The van der Waals surface area contributed by atoms with Gasteiger partial charge in [0.25, 0.3) is 0 Å². The van der Waals surface area contributed by atoms with Crippen LogP contribution in [0.15, 0.2) is 48.5 Å². The van der Waals surface area contributed by atoms with E-state index in [1.165, 1.54) is 0 Å². The molecule has 6 heteroatoms. The quantitative estimate of drug-likeness (QED) is 0.705. The molecule has 2 aromatic carbocycles. The molecule has 1 fully saturated rings. The van der Waals surface area contributed by atoms with Crippen molar-refractivity contribution in [2.24, 2.45) is 5.41 Å². The Morgan fingerprint density at radius 1 is 1.21 bits per heavy atom. The van der Waals surface area contributed by atoms with Gasteiger partial charge in [-0.15, -0.1) is 11.8 Å². The van der Waals surface area contributed by atoms with Crippen molar-refractivity contribution in [2.45, 2.75) is 39.5 Å². The zero-order valence-corrected chi connectivity index (χ0v) is 18.2. The van der Waals surface area contributed by atoms with Crippen molar-refractivity contribution >= 4 is 35.0 Å². The number of carbonyl (C=O) groups is 2. The number of hydrogen-bond acceptors (Lipinski definition) is 4. The minimum Gasteiger partial charge on any atom is -0.494 e. The Morgan fingerprint density at radius 3 is 2.59 bits per heavy atom. The lowest BCUT2D eigenvalue weighted by Gasteiger charge is -2.25. The first-order valence-corrected chi connectivity index (χ1v) is 10.9. The molecule has 0 unspecified atom stereocenters. The van der Waals surface area contributed by atoms with Gasteiger partial charge in [0.2, 0.25) is 11.8 Å². The summed E-state index contributed by atoms with van der Waals surface area (Å²) in [6.45, 7) is 8.67. The molecule has 2 aromatic rings. The molecule has 0 spiro atoms. The lowest BCUT2D eigenvalue weighted by molar-refractivity contribution is -0.118. The summed E-state index contributed by atoms with van der Waals surface area (Å²) in [5.41, 5.74) is 2.52.